The van der Waals surface area contributed by atoms with E-state index in [-0.39, 0.29) is 0 Å². The van der Waals surface area contributed by atoms with Gasteiger partial charge in [-0.05, 0) is 43.7 Å². The van der Waals surface area contributed by atoms with Crippen LogP contribution in [0.3, 0.4) is 0 Å². The molecule has 0 aliphatic carbocycles. The van der Waals surface area contributed by atoms with Crippen molar-refractivity contribution in [3.63, 3.8) is 0 Å². The van der Waals surface area contributed by atoms with Crippen LogP contribution in [-0.4, -0.2) is 0 Å². The number of hydrogen-bond acceptors (Lipinski definition) is 3. The molecule has 0 N–H and O–H groups in total. The molecule has 1 unspecified atom stereocenters. The summed E-state index contributed by atoms with van der Waals surface area (Å²) in [7, 11) is -3.64. The highest BCUT2D eigenvalue weighted by Crippen LogP contribution is 2.56. The smallest absolute Gasteiger partial charge is 0.412 e. The topological polar surface area (TPSA) is 35.5 Å². The van der Waals surface area contributed by atoms with Gasteiger partial charge >= 0.3 is 7.60 Å². The summed E-state index contributed by atoms with van der Waals surface area (Å²) in [5.41, 5.74) is 5.94. The number of rotatable bonds is 3. The second-order valence-electron chi connectivity index (χ2n) is 7.56. The predicted molar refractivity (Wildman–Crippen MR) is 122 cm³/mol. The second kappa shape index (κ2) is 7.19. The van der Waals surface area contributed by atoms with Crippen LogP contribution in [0.2, 0.25) is 0 Å². The largest absolute Gasteiger partial charge is 0.463 e. The maximum absolute atomic E-state index is 14.1. The minimum absolute atomic E-state index is 0.536. The summed E-state index contributed by atoms with van der Waals surface area (Å²) < 4.78 is 26.4. The summed E-state index contributed by atoms with van der Waals surface area (Å²) in [5, 5.41) is 0.592. The summed E-state index contributed by atoms with van der Waals surface area (Å²) in [6.07, 6.45) is 0. The van der Waals surface area contributed by atoms with Gasteiger partial charge in [0.15, 0.2) is 0 Å². The average Bonchev–Trinajstić information content (AvgIpc) is 2.75. The van der Waals surface area contributed by atoms with E-state index < -0.39 is 7.60 Å². The first-order valence-corrected chi connectivity index (χ1v) is 11.4. The zero-order valence-corrected chi connectivity index (χ0v) is 17.7. The van der Waals surface area contributed by atoms with Crippen LogP contribution in [0, 0.1) is 13.8 Å². The Labute approximate surface area is 176 Å². The summed E-state index contributed by atoms with van der Waals surface area (Å²) in [5.74, 6) is 1.12. The predicted octanol–water partition coefficient (Wildman–Crippen LogP) is 6.93. The van der Waals surface area contributed by atoms with Gasteiger partial charge in [0.25, 0.3) is 0 Å². The van der Waals surface area contributed by atoms with Crippen LogP contribution < -0.4 is 14.4 Å². The number of para-hydroxylation sites is 1. The molecule has 3 nitrogen and oxygen atoms in total. The average molecular weight is 412 g/mol. The van der Waals surface area contributed by atoms with Gasteiger partial charge in [0.05, 0.1) is 5.30 Å². The highest BCUT2D eigenvalue weighted by molar-refractivity contribution is 7.63. The molecule has 0 spiro atoms. The van der Waals surface area contributed by atoms with Crippen LogP contribution in [0.15, 0.2) is 91.0 Å². The van der Waals surface area contributed by atoms with Crippen molar-refractivity contribution < 1.29 is 13.6 Å². The standard InChI is InChI=1S/C26H21O3P/c1-18-12-14-25-22(16-18)23-17-19(2)13-15-26(23)30(27,29-25)28-24-11-7-6-10-21(24)20-8-4-3-5-9-20/h3-17H,1-2H3. The SMILES string of the molecule is Cc1ccc2c(c1)-c1cc(C)ccc1P(=O)(Oc1ccccc1-c1ccccc1)O2. The third-order valence-corrected chi connectivity index (χ3v) is 7.14. The third-order valence-electron chi connectivity index (χ3n) is 5.28. The Morgan fingerprint density at radius 2 is 1.37 bits per heavy atom. The zero-order chi connectivity index (χ0) is 20.7. The Morgan fingerprint density at radius 3 is 2.17 bits per heavy atom. The molecule has 4 aromatic carbocycles. The number of hydrogen-bond donors (Lipinski definition) is 0. The molecule has 4 heteroatoms. The van der Waals surface area contributed by atoms with E-state index in [4.69, 9.17) is 9.05 Å². The van der Waals surface area contributed by atoms with Gasteiger partial charge in [-0.1, -0.05) is 77.9 Å². The van der Waals surface area contributed by atoms with Crippen LogP contribution in [0.5, 0.6) is 11.5 Å². The lowest BCUT2D eigenvalue weighted by Crippen LogP contribution is -2.21. The van der Waals surface area contributed by atoms with Crippen molar-refractivity contribution in [1.29, 1.82) is 0 Å². The van der Waals surface area contributed by atoms with E-state index in [1.807, 2.05) is 92.7 Å². The maximum atomic E-state index is 14.1. The lowest BCUT2D eigenvalue weighted by atomic mass is 10.0. The molecule has 5 rings (SSSR count). The molecular formula is C26H21O3P. The van der Waals surface area contributed by atoms with Gasteiger partial charge in [-0.2, -0.15) is 0 Å². The molecule has 1 aliphatic heterocycles. The Balaban J connectivity index is 1.65. The molecule has 0 amide bonds. The minimum atomic E-state index is -3.64. The maximum Gasteiger partial charge on any atom is 0.463 e. The van der Waals surface area contributed by atoms with E-state index in [2.05, 4.69) is 12.1 Å². The first kappa shape index (κ1) is 18.7. The van der Waals surface area contributed by atoms with Gasteiger partial charge in [-0.25, -0.2) is 4.57 Å². The van der Waals surface area contributed by atoms with Crippen molar-refractivity contribution in [2.45, 2.75) is 13.8 Å². The van der Waals surface area contributed by atoms with E-state index in [0.717, 1.165) is 33.4 Å². The second-order valence-corrected chi connectivity index (χ2v) is 9.40. The highest BCUT2D eigenvalue weighted by atomic mass is 31.2. The van der Waals surface area contributed by atoms with E-state index >= 15 is 0 Å². The number of aryl methyl sites for hydroxylation is 2. The van der Waals surface area contributed by atoms with Gasteiger partial charge in [0, 0.05) is 16.7 Å². The minimum Gasteiger partial charge on any atom is -0.412 e. The van der Waals surface area contributed by atoms with Crippen LogP contribution in [-0.2, 0) is 4.57 Å². The fourth-order valence-electron chi connectivity index (χ4n) is 3.82. The first-order chi connectivity index (χ1) is 14.5. The Bertz CT molecular complexity index is 1290. The highest BCUT2D eigenvalue weighted by Gasteiger charge is 2.39. The van der Waals surface area contributed by atoms with Crippen molar-refractivity contribution >= 4 is 12.9 Å². The molecule has 1 aliphatic rings. The number of fused-ring (bicyclic) bond motifs is 3. The van der Waals surface area contributed by atoms with Gasteiger partial charge < -0.3 is 9.05 Å². The molecule has 1 heterocycles. The van der Waals surface area contributed by atoms with Crippen LogP contribution in [0.25, 0.3) is 22.3 Å². The first-order valence-electron chi connectivity index (χ1n) is 9.89. The monoisotopic (exact) mass is 412 g/mol. The van der Waals surface area contributed by atoms with Crippen molar-refractivity contribution in [2.24, 2.45) is 0 Å². The molecule has 0 saturated heterocycles. The molecule has 0 saturated carbocycles. The van der Waals surface area contributed by atoms with Gasteiger partial charge in [0.1, 0.15) is 11.5 Å². The number of benzene rings is 4. The lowest BCUT2D eigenvalue weighted by Gasteiger charge is -2.29. The van der Waals surface area contributed by atoms with E-state index in [0.29, 0.717) is 16.8 Å². The molecule has 30 heavy (non-hydrogen) atoms. The summed E-state index contributed by atoms with van der Waals surface area (Å²) in [6, 6.07) is 29.3. The van der Waals surface area contributed by atoms with Gasteiger partial charge in [-0.15, -0.1) is 0 Å². The molecule has 0 fully saturated rings. The van der Waals surface area contributed by atoms with Crippen molar-refractivity contribution in [2.75, 3.05) is 0 Å². The summed E-state index contributed by atoms with van der Waals surface area (Å²) in [4.78, 5) is 0. The van der Waals surface area contributed by atoms with Gasteiger partial charge in [-0.3, -0.25) is 0 Å². The Morgan fingerprint density at radius 1 is 0.700 bits per heavy atom. The van der Waals surface area contributed by atoms with Gasteiger partial charge in [0.2, 0.25) is 0 Å². The summed E-state index contributed by atoms with van der Waals surface area (Å²) in [6.45, 7) is 4.07. The van der Waals surface area contributed by atoms with Crippen molar-refractivity contribution in [1.82, 2.24) is 0 Å². The van der Waals surface area contributed by atoms with E-state index in [1.165, 1.54) is 0 Å². The van der Waals surface area contributed by atoms with Crippen LogP contribution >= 0.6 is 7.60 Å². The molecular weight excluding hydrogens is 391 g/mol. The fourth-order valence-corrected chi connectivity index (χ4v) is 5.62. The normalized spacial score (nSPS) is 16.9. The lowest BCUT2D eigenvalue weighted by molar-refractivity contribution is 0.398. The van der Waals surface area contributed by atoms with Crippen molar-refractivity contribution in [3.05, 3.63) is 102 Å². The molecule has 0 bridgehead atoms. The molecule has 4 aromatic rings. The summed E-state index contributed by atoms with van der Waals surface area (Å²) >= 11 is 0. The molecule has 1 atom stereocenters. The zero-order valence-electron chi connectivity index (χ0n) is 16.8. The Hall–Kier alpha value is -3.29. The van der Waals surface area contributed by atoms with E-state index in [9.17, 15) is 4.57 Å². The van der Waals surface area contributed by atoms with E-state index in [1.54, 1.807) is 0 Å². The fraction of sp³-hybridized carbons (Fsp3) is 0.0769. The van der Waals surface area contributed by atoms with Crippen LogP contribution in [0.4, 0.5) is 0 Å². The molecule has 0 aromatic heterocycles. The van der Waals surface area contributed by atoms with Crippen molar-refractivity contribution in [3.8, 4) is 33.8 Å². The Kier molecular flexibility index (Phi) is 4.49. The molecule has 148 valence electrons. The molecule has 0 radical (unpaired) electrons. The quantitative estimate of drug-likeness (QED) is 0.342. The third kappa shape index (κ3) is 3.22. The van der Waals surface area contributed by atoms with Crippen LogP contribution in [0.1, 0.15) is 11.1 Å².